The van der Waals surface area contributed by atoms with Gasteiger partial charge in [0.05, 0.1) is 18.2 Å². The number of amides is 1. The lowest BCUT2D eigenvalue weighted by atomic mass is 9.99. The van der Waals surface area contributed by atoms with Crippen molar-refractivity contribution in [2.75, 3.05) is 29.7 Å². The van der Waals surface area contributed by atoms with Crippen molar-refractivity contribution in [3.8, 4) is 11.5 Å². The zero-order chi connectivity index (χ0) is 24.1. The van der Waals surface area contributed by atoms with Gasteiger partial charge in [-0.25, -0.2) is 8.42 Å². The molecule has 1 heterocycles. The van der Waals surface area contributed by atoms with Gasteiger partial charge in [-0.15, -0.1) is 0 Å². The topological polar surface area (TPSA) is 106 Å². The van der Waals surface area contributed by atoms with Crippen LogP contribution in [0.3, 0.4) is 0 Å². The van der Waals surface area contributed by atoms with Crippen molar-refractivity contribution in [3.63, 3.8) is 0 Å². The number of piperidine rings is 1. The van der Waals surface area contributed by atoms with E-state index in [2.05, 4.69) is 15.4 Å². The van der Waals surface area contributed by atoms with Gasteiger partial charge in [0.1, 0.15) is 16.4 Å². The Balaban J connectivity index is 1.80. The molecule has 0 bridgehead atoms. The van der Waals surface area contributed by atoms with Crippen LogP contribution in [0.25, 0.3) is 0 Å². The fourth-order valence-electron chi connectivity index (χ4n) is 3.46. The van der Waals surface area contributed by atoms with Crippen LogP contribution in [0, 0.1) is 5.92 Å². The molecule has 33 heavy (non-hydrogen) atoms. The standard InChI is InChI=1S/C22H29FN3O5PS/c1-3-30-19-13-16(25-21(27)15-6-5-11-24-14-15)9-10-20(19)33(28,29)26-17-7-4-8-18(12-17)31-22(2,23)32/h4,7-10,12-13,15,24,26H,3,5-6,11,14,32H2,1-2H3,(H,25,27). The van der Waals surface area contributed by atoms with Crippen LogP contribution in [0.4, 0.5) is 15.8 Å². The highest BCUT2D eigenvalue weighted by Crippen LogP contribution is 2.31. The van der Waals surface area contributed by atoms with Crippen molar-refractivity contribution < 1.29 is 27.1 Å². The highest BCUT2D eigenvalue weighted by Gasteiger charge is 2.24. The zero-order valence-corrected chi connectivity index (χ0v) is 20.5. The first kappa shape index (κ1) is 25.2. The van der Waals surface area contributed by atoms with Crippen molar-refractivity contribution in [3.05, 3.63) is 42.5 Å². The van der Waals surface area contributed by atoms with E-state index >= 15 is 0 Å². The largest absolute Gasteiger partial charge is 0.492 e. The number of carbonyl (C=O) groups is 1. The van der Waals surface area contributed by atoms with E-state index in [4.69, 9.17) is 9.47 Å². The molecule has 3 N–H and O–H groups in total. The number of rotatable bonds is 9. The van der Waals surface area contributed by atoms with E-state index in [-0.39, 0.29) is 40.5 Å². The van der Waals surface area contributed by atoms with Crippen molar-refractivity contribution in [1.82, 2.24) is 5.32 Å². The Kier molecular flexibility index (Phi) is 8.15. The quantitative estimate of drug-likeness (QED) is 0.456. The Hall–Kier alpha value is -2.42. The lowest BCUT2D eigenvalue weighted by molar-refractivity contribution is -0.120. The maximum Gasteiger partial charge on any atom is 0.265 e. The van der Waals surface area contributed by atoms with E-state index in [1.165, 1.54) is 43.3 Å². The predicted molar refractivity (Wildman–Crippen MR) is 129 cm³/mol. The zero-order valence-electron chi connectivity index (χ0n) is 18.6. The van der Waals surface area contributed by atoms with E-state index in [0.29, 0.717) is 12.2 Å². The molecule has 1 aliphatic rings. The summed E-state index contributed by atoms with van der Waals surface area (Å²) < 4.78 is 53.0. The van der Waals surface area contributed by atoms with Crippen molar-refractivity contribution in [2.45, 2.75) is 37.2 Å². The molecule has 2 aromatic carbocycles. The number of ether oxygens (including phenoxy) is 2. The second-order valence-corrected chi connectivity index (χ2v) is 10.5. The SMILES string of the molecule is CCOc1cc(NC(=O)C2CCCNC2)ccc1S(=O)(=O)Nc1cccc(OC(C)(F)P)c1. The summed E-state index contributed by atoms with van der Waals surface area (Å²) in [4.78, 5) is 12.4. The third-order valence-electron chi connectivity index (χ3n) is 4.87. The van der Waals surface area contributed by atoms with Crippen molar-refractivity contribution >= 4 is 36.5 Å². The van der Waals surface area contributed by atoms with Crippen LogP contribution >= 0.6 is 9.24 Å². The molecule has 0 saturated carbocycles. The smallest absolute Gasteiger partial charge is 0.265 e. The van der Waals surface area contributed by atoms with Gasteiger partial charge in [-0.05, 0) is 50.6 Å². The minimum atomic E-state index is -4.04. The average molecular weight is 498 g/mol. The molecule has 1 saturated heterocycles. The van der Waals surface area contributed by atoms with Gasteiger partial charge in [0.25, 0.3) is 15.6 Å². The molecule has 3 atom stereocenters. The Bertz CT molecular complexity index is 1090. The van der Waals surface area contributed by atoms with E-state index in [1.807, 2.05) is 9.24 Å². The summed E-state index contributed by atoms with van der Waals surface area (Å²) in [7, 11) is -2.13. The third-order valence-corrected chi connectivity index (χ3v) is 6.41. The van der Waals surface area contributed by atoms with Crippen LogP contribution in [0.2, 0.25) is 0 Å². The summed E-state index contributed by atoms with van der Waals surface area (Å²) >= 11 is 0. The van der Waals surface area contributed by atoms with E-state index in [9.17, 15) is 17.6 Å². The summed E-state index contributed by atoms with van der Waals surface area (Å²) in [5, 5.41) is 6.04. The first-order valence-corrected chi connectivity index (χ1v) is 12.7. The van der Waals surface area contributed by atoms with Crippen LogP contribution in [0.1, 0.15) is 26.7 Å². The lowest BCUT2D eigenvalue weighted by Gasteiger charge is -2.22. The lowest BCUT2D eigenvalue weighted by Crippen LogP contribution is -2.37. The maximum atomic E-state index is 13.7. The Labute approximate surface area is 195 Å². The highest BCUT2D eigenvalue weighted by molar-refractivity contribution is 7.92. The minimum Gasteiger partial charge on any atom is -0.492 e. The van der Waals surface area contributed by atoms with Crippen molar-refractivity contribution in [2.24, 2.45) is 5.92 Å². The second kappa shape index (κ2) is 10.7. The van der Waals surface area contributed by atoms with Gasteiger partial charge in [-0.3, -0.25) is 9.52 Å². The molecule has 0 radical (unpaired) electrons. The fourth-order valence-corrected chi connectivity index (χ4v) is 4.77. The number of alkyl halides is 1. The number of nitrogens with one attached hydrogen (secondary N) is 3. The van der Waals surface area contributed by atoms with E-state index in [1.54, 1.807) is 13.0 Å². The molecule has 2 aromatic rings. The normalized spacial score (nSPS) is 18.1. The van der Waals surface area contributed by atoms with Crippen LogP contribution < -0.4 is 24.8 Å². The Morgan fingerprint density at radius 3 is 2.73 bits per heavy atom. The molecule has 0 spiro atoms. The van der Waals surface area contributed by atoms with Crippen LogP contribution in [0.5, 0.6) is 11.5 Å². The number of anilines is 2. The summed E-state index contributed by atoms with van der Waals surface area (Å²) in [6, 6.07) is 10.4. The van der Waals surface area contributed by atoms with Crippen LogP contribution in [-0.4, -0.2) is 39.6 Å². The average Bonchev–Trinajstić information content (AvgIpc) is 2.73. The Morgan fingerprint density at radius 2 is 2.06 bits per heavy atom. The summed E-state index contributed by atoms with van der Waals surface area (Å²) in [5.41, 5.74) is -1.34. The second-order valence-electron chi connectivity index (χ2n) is 7.85. The number of sulfonamides is 1. The van der Waals surface area contributed by atoms with Gasteiger partial charge < -0.3 is 20.1 Å². The molecular formula is C22H29FN3O5PS. The molecule has 180 valence electrons. The number of halogens is 1. The minimum absolute atomic E-state index is 0.0885. The third kappa shape index (κ3) is 7.28. The molecule has 1 fully saturated rings. The predicted octanol–water partition coefficient (Wildman–Crippen LogP) is 3.72. The summed E-state index contributed by atoms with van der Waals surface area (Å²) in [6.07, 6.45) is 1.73. The van der Waals surface area contributed by atoms with Gasteiger partial charge in [-0.1, -0.05) is 15.3 Å². The molecule has 3 unspecified atom stereocenters. The van der Waals surface area contributed by atoms with Gasteiger partial charge in [0, 0.05) is 31.3 Å². The first-order chi connectivity index (χ1) is 15.6. The number of hydrogen-bond acceptors (Lipinski definition) is 6. The number of carbonyl (C=O) groups excluding carboxylic acids is 1. The fraction of sp³-hybridized carbons (Fsp3) is 0.409. The molecule has 0 aliphatic carbocycles. The van der Waals surface area contributed by atoms with E-state index in [0.717, 1.165) is 19.4 Å². The first-order valence-electron chi connectivity index (χ1n) is 10.7. The molecule has 8 nitrogen and oxygen atoms in total. The molecule has 0 aromatic heterocycles. The summed E-state index contributed by atoms with van der Waals surface area (Å²) in [5.74, 6) is 0.0134. The van der Waals surface area contributed by atoms with Crippen molar-refractivity contribution in [1.29, 1.82) is 0 Å². The number of hydrogen-bond donors (Lipinski definition) is 3. The van der Waals surface area contributed by atoms with E-state index < -0.39 is 15.6 Å². The van der Waals surface area contributed by atoms with Gasteiger partial charge >= 0.3 is 0 Å². The summed E-state index contributed by atoms with van der Waals surface area (Å²) in [6.45, 7) is 4.70. The maximum absolute atomic E-state index is 13.7. The molecule has 11 heteroatoms. The molecule has 1 aliphatic heterocycles. The molecule has 1 amide bonds. The van der Waals surface area contributed by atoms with Gasteiger partial charge in [0.15, 0.2) is 0 Å². The molecule has 3 rings (SSSR count). The van der Waals surface area contributed by atoms with Crippen LogP contribution in [0.15, 0.2) is 47.4 Å². The monoisotopic (exact) mass is 497 g/mol. The molecular weight excluding hydrogens is 468 g/mol. The number of benzene rings is 2. The van der Waals surface area contributed by atoms with Crippen LogP contribution in [-0.2, 0) is 14.8 Å². The highest BCUT2D eigenvalue weighted by atomic mass is 32.2. The Morgan fingerprint density at radius 1 is 1.27 bits per heavy atom. The van der Waals surface area contributed by atoms with Gasteiger partial charge in [0.2, 0.25) is 5.91 Å². The van der Waals surface area contributed by atoms with Gasteiger partial charge in [-0.2, -0.15) is 4.39 Å².